The number of nitrogens with zero attached hydrogens (tertiary/aromatic N) is 1. The Hall–Kier alpha value is -2.64. The summed E-state index contributed by atoms with van der Waals surface area (Å²) in [5, 5.41) is 2.87. The molecule has 0 saturated heterocycles. The molecule has 100 valence electrons. The quantitative estimate of drug-likeness (QED) is 0.822. The second-order valence-electron chi connectivity index (χ2n) is 4.09. The predicted molar refractivity (Wildman–Crippen MR) is 77.8 cm³/mol. The van der Waals surface area contributed by atoms with Crippen LogP contribution < -0.4 is 11.1 Å². The van der Waals surface area contributed by atoms with Gasteiger partial charge in [-0.2, -0.15) is 0 Å². The number of carbonyl (C=O) groups is 1. The Morgan fingerprint density at radius 2 is 1.95 bits per heavy atom. The van der Waals surface area contributed by atoms with Gasteiger partial charge < -0.3 is 11.1 Å². The van der Waals surface area contributed by atoms with Crippen LogP contribution in [-0.4, -0.2) is 17.4 Å². The number of nitrogens with two attached hydrogens (primary N) is 1. The summed E-state index contributed by atoms with van der Waals surface area (Å²) in [4.78, 5) is 16.1. The van der Waals surface area contributed by atoms with Gasteiger partial charge >= 0.3 is 0 Å². The molecule has 0 aliphatic carbocycles. The first-order valence-corrected chi connectivity index (χ1v) is 6.26. The molecule has 20 heavy (non-hydrogen) atoms. The number of rotatable bonds is 3. The third-order valence-electron chi connectivity index (χ3n) is 2.70. The number of carbonyl (C=O) groups excluding carboxylic acids is 1. The molecule has 0 saturated carbocycles. The van der Waals surface area contributed by atoms with Crippen molar-refractivity contribution in [3.8, 4) is 11.8 Å². The molecule has 3 N–H and O–H groups in total. The molecule has 0 radical (unpaired) electrons. The number of pyridine rings is 1. The van der Waals surface area contributed by atoms with Crippen LogP contribution in [0.3, 0.4) is 0 Å². The van der Waals surface area contributed by atoms with Crippen LogP contribution in [-0.2, 0) is 6.54 Å². The Bertz CT molecular complexity index is 642. The molecule has 1 heterocycles. The first kappa shape index (κ1) is 13.8. The highest BCUT2D eigenvalue weighted by Gasteiger charge is 2.08. The van der Waals surface area contributed by atoms with E-state index in [2.05, 4.69) is 22.1 Å². The normalized spacial score (nSPS) is 9.45. The van der Waals surface area contributed by atoms with Crippen LogP contribution in [0.25, 0.3) is 0 Å². The van der Waals surface area contributed by atoms with E-state index < -0.39 is 0 Å². The summed E-state index contributed by atoms with van der Waals surface area (Å²) >= 11 is 0. The second-order valence-corrected chi connectivity index (χ2v) is 4.09. The van der Waals surface area contributed by atoms with Gasteiger partial charge in [0.1, 0.15) is 0 Å². The molecular formula is C16H15N3O. The van der Waals surface area contributed by atoms with Gasteiger partial charge in [0.05, 0.1) is 12.1 Å². The van der Waals surface area contributed by atoms with Crippen LogP contribution in [0.4, 0.5) is 0 Å². The van der Waals surface area contributed by atoms with E-state index in [9.17, 15) is 4.79 Å². The van der Waals surface area contributed by atoms with Gasteiger partial charge in [-0.1, -0.05) is 24.0 Å². The molecule has 0 fully saturated rings. The lowest BCUT2D eigenvalue weighted by molar-refractivity contribution is 0.0950. The SMILES string of the molecule is NCC#Cc1ccccc1C(=O)NCc1ccncc1. The third kappa shape index (κ3) is 3.67. The summed E-state index contributed by atoms with van der Waals surface area (Å²) in [7, 11) is 0. The highest BCUT2D eigenvalue weighted by Crippen LogP contribution is 2.07. The molecule has 1 amide bonds. The molecule has 4 heteroatoms. The first-order valence-electron chi connectivity index (χ1n) is 6.26. The lowest BCUT2D eigenvalue weighted by Gasteiger charge is -2.06. The van der Waals surface area contributed by atoms with E-state index in [4.69, 9.17) is 5.73 Å². The van der Waals surface area contributed by atoms with Crippen molar-refractivity contribution < 1.29 is 4.79 Å². The zero-order valence-electron chi connectivity index (χ0n) is 11.0. The van der Waals surface area contributed by atoms with Crippen molar-refractivity contribution in [2.24, 2.45) is 5.73 Å². The minimum absolute atomic E-state index is 0.149. The topological polar surface area (TPSA) is 68.0 Å². The lowest BCUT2D eigenvalue weighted by Crippen LogP contribution is -2.23. The summed E-state index contributed by atoms with van der Waals surface area (Å²) in [6, 6.07) is 10.9. The lowest BCUT2D eigenvalue weighted by atomic mass is 10.1. The van der Waals surface area contributed by atoms with Crippen LogP contribution in [0.5, 0.6) is 0 Å². The summed E-state index contributed by atoms with van der Waals surface area (Å²) in [6.45, 7) is 0.729. The van der Waals surface area contributed by atoms with Crippen molar-refractivity contribution in [2.75, 3.05) is 6.54 Å². The maximum absolute atomic E-state index is 12.2. The number of hydrogen-bond acceptors (Lipinski definition) is 3. The van der Waals surface area contributed by atoms with Crippen LogP contribution in [0.15, 0.2) is 48.8 Å². The molecule has 0 bridgehead atoms. The smallest absolute Gasteiger partial charge is 0.252 e. The Balaban J connectivity index is 2.09. The standard InChI is InChI=1S/C16H15N3O/c17-9-3-5-14-4-1-2-6-15(14)16(20)19-12-13-7-10-18-11-8-13/h1-2,4,6-8,10-11H,9,12,17H2,(H,19,20). The summed E-state index contributed by atoms with van der Waals surface area (Å²) in [6.07, 6.45) is 3.39. The van der Waals surface area contributed by atoms with E-state index in [-0.39, 0.29) is 12.5 Å². The highest BCUT2D eigenvalue weighted by molar-refractivity contribution is 5.96. The molecule has 1 aromatic carbocycles. The Kier molecular flexibility index (Phi) is 4.87. The van der Waals surface area contributed by atoms with Gasteiger partial charge in [-0.05, 0) is 29.8 Å². The van der Waals surface area contributed by atoms with E-state index in [1.807, 2.05) is 30.3 Å². The van der Waals surface area contributed by atoms with E-state index >= 15 is 0 Å². The largest absolute Gasteiger partial charge is 0.348 e. The zero-order valence-corrected chi connectivity index (χ0v) is 11.0. The fourth-order valence-corrected chi connectivity index (χ4v) is 1.71. The predicted octanol–water partition coefficient (Wildman–Crippen LogP) is 1.32. The van der Waals surface area contributed by atoms with Crippen molar-refractivity contribution in [1.29, 1.82) is 0 Å². The fraction of sp³-hybridized carbons (Fsp3) is 0.125. The van der Waals surface area contributed by atoms with Crippen molar-refractivity contribution >= 4 is 5.91 Å². The monoisotopic (exact) mass is 265 g/mol. The van der Waals surface area contributed by atoms with E-state index in [1.54, 1.807) is 18.5 Å². The van der Waals surface area contributed by atoms with Crippen LogP contribution in [0.1, 0.15) is 21.5 Å². The molecule has 0 spiro atoms. The molecule has 2 aromatic rings. The molecule has 0 atom stereocenters. The summed E-state index contributed by atoms with van der Waals surface area (Å²) in [5.74, 6) is 5.52. The number of aromatic nitrogens is 1. The van der Waals surface area contributed by atoms with Crippen molar-refractivity contribution in [3.05, 3.63) is 65.5 Å². The molecule has 1 aromatic heterocycles. The second kappa shape index (κ2) is 7.07. The highest BCUT2D eigenvalue weighted by atomic mass is 16.1. The number of amides is 1. The number of nitrogens with one attached hydrogen (secondary N) is 1. The maximum Gasteiger partial charge on any atom is 0.252 e. The maximum atomic E-state index is 12.2. The van der Waals surface area contributed by atoms with Gasteiger partial charge in [-0.3, -0.25) is 9.78 Å². The average molecular weight is 265 g/mol. The molecule has 0 aliphatic rings. The van der Waals surface area contributed by atoms with Crippen molar-refractivity contribution in [1.82, 2.24) is 10.3 Å². The third-order valence-corrected chi connectivity index (χ3v) is 2.70. The van der Waals surface area contributed by atoms with Crippen LogP contribution in [0.2, 0.25) is 0 Å². The van der Waals surface area contributed by atoms with Crippen molar-refractivity contribution in [3.63, 3.8) is 0 Å². The van der Waals surface area contributed by atoms with Crippen molar-refractivity contribution in [2.45, 2.75) is 6.54 Å². The van der Waals surface area contributed by atoms with E-state index in [0.717, 1.165) is 5.56 Å². The first-order chi connectivity index (χ1) is 9.81. The molecule has 2 rings (SSSR count). The van der Waals surface area contributed by atoms with Gasteiger partial charge in [0.2, 0.25) is 0 Å². The average Bonchev–Trinajstić information content (AvgIpc) is 2.52. The molecule has 0 aliphatic heterocycles. The van der Waals surface area contributed by atoms with Gasteiger partial charge in [0.25, 0.3) is 5.91 Å². The minimum atomic E-state index is -0.149. The van der Waals surface area contributed by atoms with Gasteiger partial charge in [0.15, 0.2) is 0 Å². The van der Waals surface area contributed by atoms with E-state index in [1.165, 1.54) is 0 Å². The zero-order chi connectivity index (χ0) is 14.2. The Morgan fingerprint density at radius 1 is 1.20 bits per heavy atom. The molecule has 0 unspecified atom stereocenters. The van der Waals surface area contributed by atoms with E-state index in [0.29, 0.717) is 17.7 Å². The summed E-state index contributed by atoms with van der Waals surface area (Å²) in [5.41, 5.74) is 7.60. The van der Waals surface area contributed by atoms with Gasteiger partial charge in [-0.25, -0.2) is 0 Å². The number of benzene rings is 1. The van der Waals surface area contributed by atoms with Crippen LogP contribution >= 0.6 is 0 Å². The summed E-state index contributed by atoms with van der Waals surface area (Å²) < 4.78 is 0. The Labute approximate surface area is 118 Å². The molecular weight excluding hydrogens is 250 g/mol. The van der Waals surface area contributed by atoms with Crippen LogP contribution in [0, 0.1) is 11.8 Å². The fourth-order valence-electron chi connectivity index (χ4n) is 1.71. The Morgan fingerprint density at radius 3 is 2.70 bits per heavy atom. The van der Waals surface area contributed by atoms with Gasteiger partial charge in [-0.15, -0.1) is 0 Å². The minimum Gasteiger partial charge on any atom is -0.348 e. The van der Waals surface area contributed by atoms with Gasteiger partial charge in [0, 0.05) is 24.5 Å². The number of hydrogen-bond donors (Lipinski definition) is 2. The molecule has 4 nitrogen and oxygen atoms in total.